The van der Waals surface area contributed by atoms with Crippen LogP contribution in [-0.4, -0.2) is 11.9 Å². The average molecular weight is 364 g/mol. The second-order valence-corrected chi connectivity index (χ2v) is 6.10. The predicted octanol–water partition coefficient (Wildman–Crippen LogP) is 4.82. The molecule has 2 aromatic carbocycles. The monoisotopic (exact) mass is 364 g/mol. The number of hydrogen-bond acceptors (Lipinski definition) is 4. The van der Waals surface area contributed by atoms with Gasteiger partial charge in [-0.25, -0.2) is 9.59 Å². The topological polar surface area (TPSA) is 52.6 Å². The number of hydrogen-bond donors (Lipinski definition) is 0. The molecule has 0 amide bonds. The van der Waals surface area contributed by atoms with Gasteiger partial charge in [0.2, 0.25) is 0 Å². The fourth-order valence-corrected chi connectivity index (χ4v) is 2.60. The van der Waals surface area contributed by atoms with Crippen LogP contribution < -0.4 is 9.47 Å². The van der Waals surface area contributed by atoms with Gasteiger partial charge in [-0.15, -0.1) is 0 Å². The van der Waals surface area contributed by atoms with Crippen LogP contribution in [0, 0.1) is 0 Å². The van der Waals surface area contributed by atoms with Crippen LogP contribution in [0.5, 0.6) is 11.5 Å². The predicted molar refractivity (Wildman–Crippen MR) is 106 cm³/mol. The van der Waals surface area contributed by atoms with Gasteiger partial charge in [-0.2, -0.15) is 0 Å². The van der Waals surface area contributed by atoms with E-state index < -0.39 is 11.9 Å². The summed E-state index contributed by atoms with van der Waals surface area (Å²) in [4.78, 5) is 22.3. The van der Waals surface area contributed by atoms with Gasteiger partial charge in [0.25, 0.3) is 0 Å². The van der Waals surface area contributed by atoms with E-state index in [9.17, 15) is 9.59 Å². The molecule has 0 N–H and O–H groups in total. The van der Waals surface area contributed by atoms with Gasteiger partial charge in [0.1, 0.15) is 11.5 Å². The highest BCUT2D eigenvalue weighted by atomic mass is 16.5. The normalized spacial score (nSPS) is 10.1. The highest BCUT2D eigenvalue weighted by Gasteiger charge is 2.02. The van der Waals surface area contributed by atoms with Crippen molar-refractivity contribution in [3.05, 3.63) is 85.0 Å². The van der Waals surface area contributed by atoms with Gasteiger partial charge in [-0.05, 0) is 61.1 Å². The van der Waals surface area contributed by atoms with Crippen molar-refractivity contribution < 1.29 is 19.1 Å². The van der Waals surface area contributed by atoms with E-state index >= 15 is 0 Å². The summed E-state index contributed by atoms with van der Waals surface area (Å²) in [7, 11) is 0. The maximum atomic E-state index is 11.1. The van der Waals surface area contributed by atoms with Crippen LogP contribution in [0.25, 0.3) is 0 Å². The van der Waals surface area contributed by atoms with Gasteiger partial charge in [0.15, 0.2) is 0 Å². The summed E-state index contributed by atoms with van der Waals surface area (Å²) in [5, 5.41) is 0. The van der Waals surface area contributed by atoms with Crippen molar-refractivity contribution in [2.45, 2.75) is 32.1 Å². The first-order valence-corrected chi connectivity index (χ1v) is 8.97. The molecule has 0 aliphatic rings. The van der Waals surface area contributed by atoms with Crippen molar-refractivity contribution >= 4 is 11.9 Å². The van der Waals surface area contributed by atoms with Crippen LogP contribution in [0.1, 0.15) is 30.4 Å². The van der Waals surface area contributed by atoms with Crippen molar-refractivity contribution in [3.8, 4) is 11.5 Å². The Morgan fingerprint density at radius 2 is 1.04 bits per heavy atom. The van der Waals surface area contributed by atoms with E-state index in [4.69, 9.17) is 9.47 Å². The van der Waals surface area contributed by atoms with E-state index in [2.05, 4.69) is 13.2 Å². The smallest absolute Gasteiger partial charge is 0.335 e. The quantitative estimate of drug-likeness (QED) is 0.262. The summed E-state index contributed by atoms with van der Waals surface area (Å²) in [6, 6.07) is 15.1. The minimum absolute atomic E-state index is 0.449. The van der Waals surface area contributed by atoms with Crippen LogP contribution in [0.2, 0.25) is 0 Å². The van der Waals surface area contributed by atoms with Crippen LogP contribution in [0.15, 0.2) is 73.8 Å². The Labute approximate surface area is 160 Å². The number of carbonyl (C=O) groups is 2. The lowest BCUT2D eigenvalue weighted by atomic mass is 10.0. The molecule has 4 heteroatoms. The highest BCUT2D eigenvalue weighted by molar-refractivity contribution is 5.83. The Hall–Kier alpha value is -3.14. The number of aryl methyl sites for hydroxylation is 2. The fraction of sp³-hybridized carbons (Fsp3) is 0.217. The Balaban J connectivity index is 1.66. The van der Waals surface area contributed by atoms with Crippen LogP contribution >= 0.6 is 0 Å². The summed E-state index contributed by atoms with van der Waals surface area (Å²) in [6.45, 7) is 6.75. The number of benzene rings is 2. The van der Waals surface area contributed by atoms with E-state index in [1.165, 1.54) is 11.1 Å². The lowest BCUT2D eigenvalue weighted by Gasteiger charge is -2.06. The molecule has 0 bridgehead atoms. The molecule has 4 nitrogen and oxygen atoms in total. The van der Waals surface area contributed by atoms with E-state index in [-0.39, 0.29) is 0 Å². The Morgan fingerprint density at radius 1 is 0.667 bits per heavy atom. The third-order valence-electron chi connectivity index (χ3n) is 4.05. The number of rotatable bonds is 10. The molecular weight excluding hydrogens is 340 g/mol. The SMILES string of the molecule is C=CC(=O)Oc1ccc(CCCCCc2ccc(OC(=O)C=C)cc2)cc1. The van der Waals surface area contributed by atoms with Crippen molar-refractivity contribution in [2.24, 2.45) is 0 Å². The summed E-state index contributed by atoms with van der Waals surface area (Å²) in [5.74, 6) is 0.168. The first-order chi connectivity index (χ1) is 13.1. The van der Waals surface area contributed by atoms with Crippen molar-refractivity contribution in [2.75, 3.05) is 0 Å². The molecular formula is C23H24O4. The first kappa shape index (κ1) is 20.2. The Bertz CT molecular complexity index is 706. The van der Waals surface area contributed by atoms with Crippen molar-refractivity contribution in [1.29, 1.82) is 0 Å². The molecule has 0 saturated heterocycles. The third-order valence-corrected chi connectivity index (χ3v) is 4.05. The Kier molecular flexibility index (Phi) is 8.04. The summed E-state index contributed by atoms with van der Waals surface area (Å²) < 4.78 is 10.1. The van der Waals surface area contributed by atoms with Gasteiger partial charge in [0, 0.05) is 12.2 Å². The molecule has 2 rings (SSSR count). The van der Waals surface area contributed by atoms with E-state index in [1.807, 2.05) is 24.3 Å². The zero-order valence-electron chi connectivity index (χ0n) is 15.4. The molecule has 0 spiro atoms. The van der Waals surface area contributed by atoms with E-state index in [1.54, 1.807) is 24.3 Å². The lowest BCUT2D eigenvalue weighted by Crippen LogP contribution is -2.02. The largest absolute Gasteiger partial charge is 0.423 e. The average Bonchev–Trinajstić information content (AvgIpc) is 2.70. The van der Waals surface area contributed by atoms with Gasteiger partial charge in [0.05, 0.1) is 0 Å². The van der Waals surface area contributed by atoms with E-state index in [0.29, 0.717) is 11.5 Å². The van der Waals surface area contributed by atoms with Crippen LogP contribution in [0.3, 0.4) is 0 Å². The Morgan fingerprint density at radius 3 is 1.37 bits per heavy atom. The highest BCUT2D eigenvalue weighted by Crippen LogP contribution is 2.17. The molecule has 0 fully saturated rings. The second kappa shape index (κ2) is 10.8. The molecule has 0 radical (unpaired) electrons. The third kappa shape index (κ3) is 7.32. The second-order valence-electron chi connectivity index (χ2n) is 6.10. The molecule has 0 aliphatic carbocycles. The maximum Gasteiger partial charge on any atom is 0.335 e. The minimum atomic E-state index is -0.449. The summed E-state index contributed by atoms with van der Waals surface area (Å²) >= 11 is 0. The fourth-order valence-electron chi connectivity index (χ4n) is 2.60. The molecule has 27 heavy (non-hydrogen) atoms. The first-order valence-electron chi connectivity index (χ1n) is 8.97. The zero-order valence-corrected chi connectivity index (χ0v) is 15.4. The lowest BCUT2D eigenvalue weighted by molar-refractivity contribution is -0.129. The number of carbonyl (C=O) groups excluding carboxylic acids is 2. The van der Waals surface area contributed by atoms with Crippen molar-refractivity contribution in [1.82, 2.24) is 0 Å². The number of ether oxygens (including phenoxy) is 2. The zero-order chi connectivity index (χ0) is 19.5. The number of esters is 2. The van der Waals surface area contributed by atoms with Gasteiger partial charge < -0.3 is 9.47 Å². The molecule has 0 atom stereocenters. The summed E-state index contributed by atoms with van der Waals surface area (Å²) in [6.07, 6.45) is 7.60. The van der Waals surface area contributed by atoms with Gasteiger partial charge in [-0.1, -0.05) is 43.8 Å². The molecule has 0 unspecified atom stereocenters. The molecule has 2 aromatic rings. The maximum absolute atomic E-state index is 11.1. The summed E-state index contributed by atoms with van der Waals surface area (Å²) in [5.41, 5.74) is 2.45. The van der Waals surface area contributed by atoms with Crippen LogP contribution in [-0.2, 0) is 22.4 Å². The molecule has 140 valence electrons. The number of unbranched alkanes of at least 4 members (excludes halogenated alkanes) is 2. The molecule has 0 heterocycles. The van der Waals surface area contributed by atoms with E-state index in [0.717, 1.165) is 44.3 Å². The van der Waals surface area contributed by atoms with Crippen molar-refractivity contribution in [3.63, 3.8) is 0 Å². The standard InChI is InChI=1S/C23H24O4/c1-3-22(24)26-20-14-10-18(11-15-20)8-6-5-7-9-19-12-16-21(17-13-19)27-23(25)4-2/h3-4,10-17H,1-2,5-9H2. The van der Waals surface area contributed by atoms with Gasteiger partial charge >= 0.3 is 11.9 Å². The minimum Gasteiger partial charge on any atom is -0.423 e. The van der Waals surface area contributed by atoms with Gasteiger partial charge in [-0.3, -0.25) is 0 Å². The van der Waals surface area contributed by atoms with Crippen LogP contribution in [0.4, 0.5) is 0 Å². The molecule has 0 aliphatic heterocycles. The molecule has 0 saturated carbocycles. The molecule has 0 aromatic heterocycles.